The van der Waals surface area contributed by atoms with Crippen LogP contribution in [-0.4, -0.2) is 19.2 Å². The molecular weight excluding hydrogens is 236 g/mol. The van der Waals surface area contributed by atoms with Crippen LogP contribution in [0.1, 0.15) is 33.1 Å². The van der Waals surface area contributed by atoms with Crippen molar-refractivity contribution >= 4 is 0 Å². The van der Waals surface area contributed by atoms with E-state index < -0.39 is 11.6 Å². The minimum Gasteiger partial charge on any atom is -0.490 e. The standard InChI is InChI=1S/C14H21F2NO/c1-3-8-17-11(2)5-4-9-18-14-10-12(15)6-7-13(14)16/h6-7,10-11,17H,3-5,8-9H2,1-2H3. The first-order valence-corrected chi connectivity index (χ1v) is 6.44. The van der Waals surface area contributed by atoms with Gasteiger partial charge in [0.2, 0.25) is 0 Å². The van der Waals surface area contributed by atoms with Gasteiger partial charge in [-0.1, -0.05) is 6.92 Å². The van der Waals surface area contributed by atoms with Gasteiger partial charge in [-0.15, -0.1) is 0 Å². The quantitative estimate of drug-likeness (QED) is 0.719. The summed E-state index contributed by atoms with van der Waals surface area (Å²) in [5, 5.41) is 3.36. The van der Waals surface area contributed by atoms with Crippen molar-refractivity contribution in [1.82, 2.24) is 5.32 Å². The third-order valence-corrected chi connectivity index (χ3v) is 2.68. The van der Waals surface area contributed by atoms with Crippen molar-refractivity contribution in [3.8, 4) is 5.75 Å². The maximum Gasteiger partial charge on any atom is 0.165 e. The van der Waals surface area contributed by atoms with E-state index in [1.807, 2.05) is 0 Å². The summed E-state index contributed by atoms with van der Waals surface area (Å²) in [6.45, 7) is 5.63. The molecule has 0 bridgehead atoms. The van der Waals surface area contributed by atoms with Crippen LogP contribution in [-0.2, 0) is 0 Å². The van der Waals surface area contributed by atoms with Crippen LogP contribution in [0.15, 0.2) is 18.2 Å². The molecule has 0 fully saturated rings. The summed E-state index contributed by atoms with van der Waals surface area (Å²) in [4.78, 5) is 0. The summed E-state index contributed by atoms with van der Waals surface area (Å²) in [7, 11) is 0. The third kappa shape index (κ3) is 5.45. The highest BCUT2D eigenvalue weighted by molar-refractivity contribution is 5.24. The van der Waals surface area contributed by atoms with Crippen LogP contribution in [0, 0.1) is 11.6 Å². The number of benzene rings is 1. The first-order valence-electron chi connectivity index (χ1n) is 6.44. The number of rotatable bonds is 8. The smallest absolute Gasteiger partial charge is 0.165 e. The van der Waals surface area contributed by atoms with Crippen molar-refractivity contribution < 1.29 is 13.5 Å². The normalized spacial score (nSPS) is 12.4. The predicted molar refractivity (Wildman–Crippen MR) is 68.8 cm³/mol. The van der Waals surface area contributed by atoms with Gasteiger partial charge < -0.3 is 10.1 Å². The van der Waals surface area contributed by atoms with Crippen molar-refractivity contribution in [2.75, 3.05) is 13.2 Å². The average Bonchev–Trinajstić information content (AvgIpc) is 2.36. The molecule has 0 saturated carbocycles. The Balaban J connectivity index is 2.23. The van der Waals surface area contributed by atoms with E-state index in [4.69, 9.17) is 4.74 Å². The molecule has 0 aromatic heterocycles. The predicted octanol–water partition coefficient (Wildman–Crippen LogP) is 3.51. The van der Waals surface area contributed by atoms with E-state index in [2.05, 4.69) is 19.2 Å². The topological polar surface area (TPSA) is 21.3 Å². The number of halogens is 2. The number of ether oxygens (including phenoxy) is 1. The lowest BCUT2D eigenvalue weighted by molar-refractivity contribution is 0.283. The van der Waals surface area contributed by atoms with E-state index in [0.717, 1.165) is 44.0 Å². The molecule has 0 aliphatic heterocycles. The van der Waals surface area contributed by atoms with Crippen LogP contribution in [0.2, 0.25) is 0 Å². The molecule has 102 valence electrons. The second kappa shape index (κ2) is 8.03. The zero-order valence-corrected chi connectivity index (χ0v) is 11.0. The van der Waals surface area contributed by atoms with E-state index in [0.29, 0.717) is 12.6 Å². The minimum atomic E-state index is -0.520. The van der Waals surface area contributed by atoms with Crippen LogP contribution in [0.25, 0.3) is 0 Å². The Bertz CT molecular complexity index is 358. The van der Waals surface area contributed by atoms with Crippen LogP contribution in [0.3, 0.4) is 0 Å². The van der Waals surface area contributed by atoms with Crippen molar-refractivity contribution in [1.29, 1.82) is 0 Å². The van der Waals surface area contributed by atoms with Crippen molar-refractivity contribution in [2.24, 2.45) is 0 Å². The largest absolute Gasteiger partial charge is 0.490 e. The molecule has 4 heteroatoms. The molecule has 1 unspecified atom stereocenters. The molecule has 1 atom stereocenters. The molecule has 0 aliphatic rings. The summed E-state index contributed by atoms with van der Waals surface area (Å²) in [6, 6.07) is 3.66. The van der Waals surface area contributed by atoms with Gasteiger partial charge in [0.15, 0.2) is 11.6 Å². The average molecular weight is 257 g/mol. The molecule has 0 radical (unpaired) electrons. The van der Waals surface area contributed by atoms with Gasteiger partial charge in [-0.05, 0) is 44.9 Å². The fourth-order valence-corrected chi connectivity index (χ4v) is 1.65. The van der Waals surface area contributed by atoms with Crippen LogP contribution in [0.5, 0.6) is 5.75 Å². The molecule has 0 saturated heterocycles. The van der Waals surface area contributed by atoms with Crippen molar-refractivity contribution in [2.45, 2.75) is 39.2 Å². The summed E-state index contributed by atoms with van der Waals surface area (Å²) in [6.07, 6.45) is 2.88. The zero-order chi connectivity index (χ0) is 13.4. The third-order valence-electron chi connectivity index (χ3n) is 2.68. The van der Waals surface area contributed by atoms with Gasteiger partial charge in [0.05, 0.1) is 6.61 Å². The Hall–Kier alpha value is -1.16. The first kappa shape index (κ1) is 14.9. The Morgan fingerprint density at radius 2 is 2.11 bits per heavy atom. The lowest BCUT2D eigenvalue weighted by Gasteiger charge is -2.13. The van der Waals surface area contributed by atoms with Gasteiger partial charge in [-0.2, -0.15) is 0 Å². The lowest BCUT2D eigenvalue weighted by atomic mass is 10.2. The molecule has 1 aromatic rings. The zero-order valence-electron chi connectivity index (χ0n) is 11.0. The fraction of sp³-hybridized carbons (Fsp3) is 0.571. The van der Waals surface area contributed by atoms with Gasteiger partial charge >= 0.3 is 0 Å². The van der Waals surface area contributed by atoms with Crippen LogP contribution < -0.4 is 10.1 Å². The molecular formula is C14H21F2NO. The Kier molecular flexibility index (Phi) is 6.65. The van der Waals surface area contributed by atoms with Crippen LogP contribution >= 0.6 is 0 Å². The Morgan fingerprint density at radius 3 is 2.83 bits per heavy atom. The maximum absolute atomic E-state index is 13.2. The molecule has 1 N–H and O–H groups in total. The molecule has 0 aliphatic carbocycles. The molecule has 2 nitrogen and oxygen atoms in total. The molecule has 18 heavy (non-hydrogen) atoms. The highest BCUT2D eigenvalue weighted by Crippen LogP contribution is 2.18. The van der Waals surface area contributed by atoms with Gasteiger partial charge in [-0.25, -0.2) is 8.78 Å². The van der Waals surface area contributed by atoms with Gasteiger partial charge in [0.1, 0.15) is 5.82 Å². The van der Waals surface area contributed by atoms with Crippen molar-refractivity contribution in [3.63, 3.8) is 0 Å². The van der Waals surface area contributed by atoms with Crippen molar-refractivity contribution in [3.05, 3.63) is 29.8 Å². The fourth-order valence-electron chi connectivity index (χ4n) is 1.65. The van der Waals surface area contributed by atoms with Gasteiger partial charge in [-0.3, -0.25) is 0 Å². The van der Waals surface area contributed by atoms with Gasteiger partial charge in [0, 0.05) is 12.1 Å². The highest BCUT2D eigenvalue weighted by Gasteiger charge is 2.05. The van der Waals surface area contributed by atoms with E-state index in [1.54, 1.807) is 0 Å². The Morgan fingerprint density at radius 1 is 1.33 bits per heavy atom. The summed E-state index contributed by atoms with van der Waals surface area (Å²) in [5.41, 5.74) is 0. The van der Waals surface area contributed by atoms with E-state index in [-0.39, 0.29) is 5.75 Å². The number of hydrogen-bond acceptors (Lipinski definition) is 2. The SMILES string of the molecule is CCCNC(C)CCCOc1cc(F)ccc1F. The van der Waals surface area contributed by atoms with Crippen LogP contribution in [0.4, 0.5) is 8.78 Å². The summed E-state index contributed by atoms with van der Waals surface area (Å²) in [5.74, 6) is -1.01. The second-order valence-corrected chi connectivity index (χ2v) is 4.42. The molecule has 0 heterocycles. The number of nitrogens with one attached hydrogen (secondary N) is 1. The lowest BCUT2D eigenvalue weighted by Crippen LogP contribution is -2.26. The minimum absolute atomic E-state index is 0.0100. The Labute approximate surface area is 107 Å². The van der Waals surface area contributed by atoms with E-state index in [1.165, 1.54) is 0 Å². The molecule has 0 amide bonds. The van der Waals surface area contributed by atoms with Gasteiger partial charge in [0.25, 0.3) is 0 Å². The molecule has 1 aromatic carbocycles. The molecule has 1 rings (SSSR count). The van der Waals surface area contributed by atoms with E-state index >= 15 is 0 Å². The second-order valence-electron chi connectivity index (χ2n) is 4.42. The summed E-state index contributed by atoms with van der Waals surface area (Å²) < 4.78 is 31.3. The number of hydrogen-bond donors (Lipinski definition) is 1. The maximum atomic E-state index is 13.2. The monoisotopic (exact) mass is 257 g/mol. The highest BCUT2D eigenvalue weighted by atomic mass is 19.1. The van der Waals surface area contributed by atoms with E-state index in [9.17, 15) is 8.78 Å². The summed E-state index contributed by atoms with van der Waals surface area (Å²) >= 11 is 0. The molecule has 0 spiro atoms. The first-order chi connectivity index (χ1) is 8.63.